The molecule has 2 aliphatic rings. The number of hydrogen-bond donors (Lipinski definition) is 2. The Balaban J connectivity index is 1.67. The maximum atomic E-state index is 12.7. The summed E-state index contributed by atoms with van der Waals surface area (Å²) < 4.78 is 10.7. The molecule has 3 N–H and O–H groups in total. The molecule has 6 heteroatoms. The van der Waals surface area contributed by atoms with E-state index in [9.17, 15) is 4.79 Å². The predicted molar refractivity (Wildman–Crippen MR) is 123 cm³/mol. The van der Waals surface area contributed by atoms with Gasteiger partial charge in [0.1, 0.15) is 6.04 Å². The molecule has 1 aliphatic carbocycles. The van der Waals surface area contributed by atoms with Gasteiger partial charge in [0.15, 0.2) is 11.5 Å². The Hall–Kier alpha value is -3.51. The topological polar surface area (TPSA) is 80.6 Å². The average Bonchev–Trinajstić information content (AvgIpc) is 3.25. The van der Waals surface area contributed by atoms with E-state index < -0.39 is 6.04 Å². The number of ether oxygens (including phenoxy) is 2. The van der Waals surface area contributed by atoms with Crippen LogP contribution in [-0.4, -0.2) is 43.6 Å². The van der Waals surface area contributed by atoms with Crippen molar-refractivity contribution in [2.24, 2.45) is 5.73 Å². The fourth-order valence-corrected chi connectivity index (χ4v) is 4.23. The Bertz CT molecular complexity index is 1180. The molecule has 0 saturated carbocycles. The summed E-state index contributed by atoms with van der Waals surface area (Å²) in [4.78, 5) is 18.1. The van der Waals surface area contributed by atoms with Crippen LogP contribution in [0, 0.1) is 0 Å². The molecule has 1 unspecified atom stereocenters. The van der Waals surface area contributed by atoms with Crippen molar-refractivity contribution in [2.75, 3.05) is 27.8 Å². The van der Waals surface area contributed by atoms with E-state index in [1.54, 1.807) is 14.2 Å². The van der Waals surface area contributed by atoms with E-state index in [-0.39, 0.29) is 5.91 Å². The summed E-state index contributed by atoms with van der Waals surface area (Å²) in [6.45, 7) is 0.651. The van der Waals surface area contributed by atoms with E-state index in [2.05, 4.69) is 4.98 Å². The van der Waals surface area contributed by atoms with Crippen LogP contribution in [0.1, 0.15) is 17.2 Å². The van der Waals surface area contributed by atoms with Crippen molar-refractivity contribution in [3.63, 3.8) is 0 Å². The van der Waals surface area contributed by atoms with E-state index in [1.807, 2.05) is 72.6 Å². The molecule has 0 fully saturated rings. The molecule has 31 heavy (non-hydrogen) atoms. The Morgan fingerprint density at radius 1 is 1.03 bits per heavy atom. The minimum atomic E-state index is -0.551. The second kappa shape index (κ2) is 8.70. The summed E-state index contributed by atoms with van der Waals surface area (Å²) in [6.07, 6.45) is 0.738. The van der Waals surface area contributed by atoms with Gasteiger partial charge in [0.25, 0.3) is 0 Å². The predicted octanol–water partition coefficient (Wildman–Crippen LogP) is 3.99. The average molecular weight is 418 g/mol. The van der Waals surface area contributed by atoms with Crippen LogP contribution in [0.5, 0.6) is 11.5 Å². The van der Waals surface area contributed by atoms with Gasteiger partial charge in [0.2, 0.25) is 5.91 Å². The zero-order valence-corrected chi connectivity index (χ0v) is 18.0. The number of amides is 1. The Morgan fingerprint density at radius 3 is 2.55 bits per heavy atom. The van der Waals surface area contributed by atoms with Crippen LogP contribution in [0.2, 0.25) is 0 Å². The summed E-state index contributed by atoms with van der Waals surface area (Å²) in [5.74, 6) is 1.02. The highest BCUT2D eigenvalue weighted by molar-refractivity contribution is 5.96. The number of methoxy groups -OCH3 is 2. The SMILES string of the molecule is COc1ccc(CCN(C)C(C(N)=O)c2c3cccc-3[nH]c3ccccc23)cc1OC. The highest BCUT2D eigenvalue weighted by Crippen LogP contribution is 2.37. The van der Waals surface area contributed by atoms with Crippen molar-refractivity contribution in [1.82, 2.24) is 9.88 Å². The van der Waals surface area contributed by atoms with Crippen molar-refractivity contribution in [3.8, 4) is 22.8 Å². The zero-order valence-electron chi connectivity index (χ0n) is 18.0. The monoisotopic (exact) mass is 417 g/mol. The molecule has 1 heterocycles. The van der Waals surface area contributed by atoms with Gasteiger partial charge in [0.05, 0.1) is 14.2 Å². The molecule has 1 amide bonds. The van der Waals surface area contributed by atoms with Gasteiger partial charge < -0.3 is 20.2 Å². The van der Waals surface area contributed by atoms with Crippen LogP contribution in [0.15, 0.2) is 60.7 Å². The fraction of sp³-hybridized carbons (Fsp3) is 0.240. The number of nitrogens with zero attached hydrogens (tertiary/aromatic N) is 1. The number of fused-ring (bicyclic) bond motifs is 2. The number of para-hydroxylation sites is 1. The molecular formula is C25H27N3O3. The summed E-state index contributed by atoms with van der Waals surface area (Å²) in [6, 6.07) is 19.4. The molecule has 4 rings (SSSR count). The number of H-pyrrole nitrogens is 1. The highest BCUT2D eigenvalue weighted by Gasteiger charge is 2.29. The van der Waals surface area contributed by atoms with Crippen LogP contribution < -0.4 is 15.2 Å². The number of carbonyl (C=O) groups is 1. The lowest BCUT2D eigenvalue weighted by atomic mass is 9.93. The van der Waals surface area contributed by atoms with Crippen LogP contribution in [-0.2, 0) is 11.2 Å². The van der Waals surface area contributed by atoms with Crippen molar-refractivity contribution < 1.29 is 14.3 Å². The van der Waals surface area contributed by atoms with Gasteiger partial charge >= 0.3 is 0 Å². The van der Waals surface area contributed by atoms with Gasteiger partial charge in [-0.25, -0.2) is 0 Å². The number of benzene rings is 2. The number of nitrogens with one attached hydrogen (secondary N) is 1. The zero-order chi connectivity index (χ0) is 22.0. The minimum Gasteiger partial charge on any atom is -0.493 e. The van der Waals surface area contributed by atoms with E-state index in [1.165, 1.54) is 0 Å². The maximum absolute atomic E-state index is 12.7. The number of aromatic amines is 1. The lowest BCUT2D eigenvalue weighted by molar-refractivity contribution is -0.122. The number of nitrogens with two attached hydrogens (primary N) is 1. The first kappa shape index (κ1) is 20.8. The third-order valence-corrected chi connectivity index (χ3v) is 5.78. The standard InChI is InChI=1S/C25H27N3O3/c1-28(14-13-16-11-12-21(30-2)22(15-16)31-3)24(25(26)29)23-17-7-4-5-9-19(17)27-20-10-6-8-18(20)23/h4-12,15,24,27H,13-14H2,1-3H3,(H2,26,29). The summed E-state index contributed by atoms with van der Waals surface area (Å²) in [5, 5.41) is 1.00. The molecule has 2 aromatic carbocycles. The molecule has 6 nitrogen and oxygen atoms in total. The molecule has 0 bridgehead atoms. The molecule has 1 aliphatic heterocycles. The minimum absolute atomic E-state index is 0.367. The first-order valence-corrected chi connectivity index (χ1v) is 10.2. The number of hydrogen-bond acceptors (Lipinski definition) is 4. The van der Waals surface area contributed by atoms with Crippen LogP contribution in [0.3, 0.4) is 0 Å². The number of primary amides is 1. The van der Waals surface area contributed by atoms with Gasteiger partial charge in [-0.2, -0.15) is 0 Å². The number of aromatic nitrogens is 1. The number of carbonyl (C=O) groups excluding carboxylic acids is 1. The molecule has 0 saturated heterocycles. The van der Waals surface area contributed by atoms with E-state index in [4.69, 9.17) is 15.2 Å². The molecular weight excluding hydrogens is 390 g/mol. The Labute approximate surface area is 181 Å². The number of pyridine rings is 1. The fourth-order valence-electron chi connectivity index (χ4n) is 4.23. The summed E-state index contributed by atoms with van der Waals surface area (Å²) >= 11 is 0. The van der Waals surface area contributed by atoms with Crippen molar-refractivity contribution in [3.05, 3.63) is 71.8 Å². The largest absolute Gasteiger partial charge is 0.493 e. The number of likely N-dealkylation sites (N-methyl/N-ethyl adjacent to an activating group) is 1. The molecule has 1 atom stereocenters. The van der Waals surface area contributed by atoms with E-state index >= 15 is 0 Å². The summed E-state index contributed by atoms with van der Waals surface area (Å²) in [5.41, 5.74) is 11.0. The highest BCUT2D eigenvalue weighted by atomic mass is 16.5. The summed E-state index contributed by atoms with van der Waals surface area (Å²) in [7, 11) is 5.19. The number of rotatable bonds is 8. The normalized spacial score (nSPS) is 12.4. The van der Waals surface area contributed by atoms with Crippen molar-refractivity contribution in [1.29, 1.82) is 0 Å². The third kappa shape index (κ3) is 3.94. The van der Waals surface area contributed by atoms with E-state index in [0.29, 0.717) is 18.0 Å². The molecule has 2 aromatic rings. The molecule has 0 radical (unpaired) electrons. The first-order valence-electron chi connectivity index (χ1n) is 10.2. The maximum Gasteiger partial charge on any atom is 0.239 e. The van der Waals surface area contributed by atoms with E-state index in [0.717, 1.165) is 39.7 Å². The molecule has 0 aromatic heterocycles. The second-order valence-electron chi connectivity index (χ2n) is 7.66. The van der Waals surface area contributed by atoms with Gasteiger partial charge in [-0.3, -0.25) is 9.69 Å². The van der Waals surface area contributed by atoms with Gasteiger partial charge in [-0.15, -0.1) is 0 Å². The van der Waals surface area contributed by atoms with Crippen LogP contribution >= 0.6 is 0 Å². The second-order valence-corrected chi connectivity index (χ2v) is 7.66. The van der Waals surface area contributed by atoms with Crippen molar-refractivity contribution >= 4 is 16.8 Å². The Kier molecular flexibility index (Phi) is 5.82. The molecule has 0 spiro atoms. The lowest BCUT2D eigenvalue weighted by Gasteiger charge is -2.29. The van der Waals surface area contributed by atoms with Crippen LogP contribution in [0.4, 0.5) is 0 Å². The first-order chi connectivity index (χ1) is 15.0. The van der Waals surface area contributed by atoms with Gasteiger partial charge in [0, 0.05) is 28.7 Å². The molecule has 160 valence electrons. The Morgan fingerprint density at radius 2 is 1.81 bits per heavy atom. The van der Waals surface area contributed by atoms with Gasteiger partial charge in [-0.1, -0.05) is 36.4 Å². The smallest absolute Gasteiger partial charge is 0.239 e. The van der Waals surface area contributed by atoms with Gasteiger partial charge in [-0.05, 0) is 48.9 Å². The lowest BCUT2D eigenvalue weighted by Crippen LogP contribution is -2.37. The van der Waals surface area contributed by atoms with Crippen LogP contribution in [0.25, 0.3) is 22.2 Å². The third-order valence-electron chi connectivity index (χ3n) is 5.78. The quantitative estimate of drug-likeness (QED) is 0.454. The van der Waals surface area contributed by atoms with Crippen molar-refractivity contribution in [2.45, 2.75) is 12.5 Å².